The van der Waals surface area contributed by atoms with Crippen molar-refractivity contribution in [2.45, 2.75) is 18.6 Å². The third-order valence-corrected chi connectivity index (χ3v) is 6.34. The van der Waals surface area contributed by atoms with Gasteiger partial charge in [-0.3, -0.25) is 14.6 Å². The Bertz CT molecular complexity index is 1030. The summed E-state index contributed by atoms with van der Waals surface area (Å²) >= 11 is 0. The Morgan fingerprint density at radius 1 is 1.09 bits per heavy atom. The van der Waals surface area contributed by atoms with E-state index >= 15 is 0 Å². The van der Waals surface area contributed by atoms with Crippen LogP contribution in [0.3, 0.4) is 0 Å². The van der Waals surface area contributed by atoms with E-state index in [0.29, 0.717) is 12.1 Å². The van der Waals surface area contributed by atoms with E-state index in [1.54, 1.807) is 20.1 Å². The molecule has 0 spiro atoms. The van der Waals surface area contributed by atoms with Crippen molar-refractivity contribution < 1.29 is 23.8 Å². The van der Waals surface area contributed by atoms with E-state index in [9.17, 15) is 19.1 Å². The number of hydrogen-bond donors (Lipinski definition) is 2. The number of para-hydroxylation sites is 2. The summed E-state index contributed by atoms with van der Waals surface area (Å²) in [6.45, 7) is 4.77. The fourth-order valence-corrected chi connectivity index (χ4v) is 4.49. The minimum Gasteiger partial charge on any atom is -0.495 e. The molecule has 3 amide bonds. The number of piperazine rings is 1. The first-order valence-corrected chi connectivity index (χ1v) is 11.0. The van der Waals surface area contributed by atoms with Crippen LogP contribution in [0.5, 0.6) is 5.75 Å². The van der Waals surface area contributed by atoms with Gasteiger partial charge in [0, 0.05) is 32.7 Å². The fraction of sp³-hybridized carbons (Fsp3) is 0.417. The van der Waals surface area contributed by atoms with Gasteiger partial charge in [-0.2, -0.15) is 0 Å². The summed E-state index contributed by atoms with van der Waals surface area (Å²) in [5.41, 5.74) is 0.0423. The maximum absolute atomic E-state index is 13.7. The molecule has 34 heavy (non-hydrogen) atoms. The lowest BCUT2D eigenvalue weighted by Crippen LogP contribution is -2.50. The third-order valence-electron chi connectivity index (χ3n) is 6.34. The number of ether oxygens (including phenoxy) is 1. The van der Waals surface area contributed by atoms with Gasteiger partial charge in [0.25, 0.3) is 5.91 Å². The molecule has 0 bridgehead atoms. The third kappa shape index (κ3) is 5.11. The van der Waals surface area contributed by atoms with Crippen molar-refractivity contribution in [3.05, 3.63) is 59.9 Å². The predicted octanol–water partition coefficient (Wildman–Crippen LogP) is 2.21. The summed E-state index contributed by atoms with van der Waals surface area (Å²) in [6, 6.07) is 12.9. The Hall–Kier alpha value is -2.88. The number of halogens is 2. The summed E-state index contributed by atoms with van der Waals surface area (Å²) in [4.78, 5) is 30.9. The number of amides is 3. The number of benzene rings is 2. The average molecular weight is 493 g/mol. The summed E-state index contributed by atoms with van der Waals surface area (Å²) < 4.78 is 19.1. The smallest absolute Gasteiger partial charge is 0.325 e. The monoisotopic (exact) mass is 492 g/mol. The zero-order valence-corrected chi connectivity index (χ0v) is 20.1. The van der Waals surface area contributed by atoms with Crippen LogP contribution in [0.25, 0.3) is 0 Å². The molecular formula is C24H30ClFN4O4. The van der Waals surface area contributed by atoms with Crippen LogP contribution in [0.2, 0.25) is 0 Å². The van der Waals surface area contributed by atoms with E-state index in [0.717, 1.165) is 42.5 Å². The zero-order chi connectivity index (χ0) is 23.6. The summed E-state index contributed by atoms with van der Waals surface area (Å²) in [6.07, 6.45) is -0.896. The quantitative estimate of drug-likeness (QED) is 0.576. The first kappa shape index (κ1) is 25.7. The summed E-state index contributed by atoms with van der Waals surface area (Å²) in [7, 11) is 1.65. The number of nitrogens with one attached hydrogen (secondary N) is 1. The Morgan fingerprint density at radius 3 is 2.47 bits per heavy atom. The Kier molecular flexibility index (Phi) is 8.01. The number of urea groups is 1. The molecule has 2 fully saturated rings. The second-order valence-corrected chi connectivity index (χ2v) is 8.59. The van der Waals surface area contributed by atoms with Gasteiger partial charge >= 0.3 is 6.03 Å². The second-order valence-electron chi connectivity index (χ2n) is 8.59. The van der Waals surface area contributed by atoms with Crippen molar-refractivity contribution in [2.75, 3.05) is 51.3 Å². The Morgan fingerprint density at radius 2 is 1.79 bits per heavy atom. The van der Waals surface area contributed by atoms with E-state index in [4.69, 9.17) is 4.74 Å². The molecule has 2 aromatic rings. The van der Waals surface area contributed by atoms with Gasteiger partial charge in [0.15, 0.2) is 0 Å². The van der Waals surface area contributed by atoms with E-state index in [1.807, 2.05) is 24.3 Å². The molecule has 2 aliphatic rings. The topological polar surface area (TPSA) is 85.3 Å². The molecular weight excluding hydrogens is 463 g/mol. The molecule has 2 atom stereocenters. The van der Waals surface area contributed by atoms with Crippen LogP contribution in [0.15, 0.2) is 48.5 Å². The highest BCUT2D eigenvalue weighted by molar-refractivity contribution is 6.07. The van der Waals surface area contributed by atoms with Crippen molar-refractivity contribution in [1.29, 1.82) is 0 Å². The van der Waals surface area contributed by atoms with Crippen molar-refractivity contribution in [2.24, 2.45) is 0 Å². The van der Waals surface area contributed by atoms with Crippen molar-refractivity contribution in [3.63, 3.8) is 0 Å². The first-order chi connectivity index (χ1) is 15.8. The lowest BCUT2D eigenvalue weighted by molar-refractivity contribution is -0.132. The Labute approximate surface area is 204 Å². The number of β-amino-alcohol motifs (C(OH)–C–C–N with tert-alkyl or cyclic N) is 1. The van der Waals surface area contributed by atoms with Crippen LogP contribution in [-0.4, -0.2) is 79.3 Å². The molecule has 2 unspecified atom stereocenters. The maximum Gasteiger partial charge on any atom is 0.325 e. The lowest BCUT2D eigenvalue weighted by atomic mass is 9.92. The summed E-state index contributed by atoms with van der Waals surface area (Å²) in [5.74, 6) is -0.162. The normalized spacial score (nSPS) is 21.8. The lowest BCUT2D eigenvalue weighted by Gasteiger charge is -2.37. The highest BCUT2D eigenvalue weighted by Crippen LogP contribution is 2.30. The Balaban J connectivity index is 0.00000324. The molecule has 0 aromatic heterocycles. The van der Waals surface area contributed by atoms with Gasteiger partial charge in [-0.05, 0) is 36.8 Å². The van der Waals surface area contributed by atoms with Crippen LogP contribution in [0.4, 0.5) is 14.9 Å². The second kappa shape index (κ2) is 10.6. The van der Waals surface area contributed by atoms with Crippen LogP contribution in [0.1, 0.15) is 12.5 Å². The molecule has 10 heteroatoms. The van der Waals surface area contributed by atoms with Gasteiger partial charge in [0.2, 0.25) is 0 Å². The molecule has 4 rings (SSSR count). The zero-order valence-electron chi connectivity index (χ0n) is 19.2. The number of methoxy groups -OCH3 is 1. The molecule has 2 N–H and O–H groups in total. The number of hydrogen-bond acceptors (Lipinski definition) is 6. The maximum atomic E-state index is 13.7. The van der Waals surface area contributed by atoms with E-state index in [-0.39, 0.29) is 19.0 Å². The highest BCUT2D eigenvalue weighted by Gasteiger charge is 2.49. The van der Waals surface area contributed by atoms with Crippen molar-refractivity contribution in [3.8, 4) is 5.75 Å². The number of aliphatic hydroxyl groups is 1. The van der Waals surface area contributed by atoms with E-state index in [1.165, 1.54) is 18.2 Å². The fourth-order valence-electron chi connectivity index (χ4n) is 4.49. The predicted molar refractivity (Wildman–Crippen MR) is 129 cm³/mol. The molecule has 0 radical (unpaired) electrons. The molecule has 2 saturated heterocycles. The van der Waals surface area contributed by atoms with Crippen molar-refractivity contribution >= 4 is 30.0 Å². The highest BCUT2D eigenvalue weighted by atomic mass is 35.5. The van der Waals surface area contributed by atoms with Gasteiger partial charge in [0.1, 0.15) is 17.1 Å². The molecule has 2 aliphatic heterocycles. The minimum atomic E-state index is -1.36. The van der Waals surface area contributed by atoms with Gasteiger partial charge < -0.3 is 20.1 Å². The molecule has 2 aromatic carbocycles. The molecule has 0 saturated carbocycles. The number of rotatable bonds is 7. The largest absolute Gasteiger partial charge is 0.495 e. The van der Waals surface area contributed by atoms with Crippen LogP contribution in [0, 0.1) is 5.82 Å². The molecule has 0 aliphatic carbocycles. The van der Waals surface area contributed by atoms with E-state index in [2.05, 4.69) is 15.1 Å². The van der Waals surface area contributed by atoms with Crippen LogP contribution >= 0.6 is 12.4 Å². The van der Waals surface area contributed by atoms with Gasteiger partial charge in [0.05, 0.1) is 25.4 Å². The van der Waals surface area contributed by atoms with Crippen LogP contribution < -0.4 is 15.0 Å². The number of anilines is 1. The number of carbonyl (C=O) groups excluding carboxylic acids is 2. The van der Waals surface area contributed by atoms with Crippen LogP contribution in [-0.2, 0) is 10.3 Å². The number of nitrogens with zero attached hydrogens (tertiary/aromatic N) is 3. The SMILES string of the molecule is COc1ccccc1N1CCN(CC(O)CN2C(=O)NC(C)(c3cccc(F)c3)C2=O)CC1.Cl. The van der Waals surface area contributed by atoms with Gasteiger partial charge in [-0.1, -0.05) is 24.3 Å². The van der Waals surface area contributed by atoms with Crippen molar-refractivity contribution in [1.82, 2.24) is 15.1 Å². The first-order valence-electron chi connectivity index (χ1n) is 11.0. The molecule has 2 heterocycles. The number of aliphatic hydroxyl groups excluding tert-OH is 1. The van der Waals surface area contributed by atoms with Gasteiger partial charge in [-0.25, -0.2) is 9.18 Å². The molecule has 8 nitrogen and oxygen atoms in total. The number of imide groups is 1. The standard InChI is InChI=1S/C24H29FN4O4.ClH/c1-24(17-6-5-7-18(25)14-17)22(31)29(23(32)26-24)16-19(30)15-27-10-12-28(13-11-27)20-8-3-4-9-21(20)33-2;/h3-9,14,19,30H,10-13,15-16H2,1-2H3,(H,26,32);1H. The summed E-state index contributed by atoms with van der Waals surface area (Å²) in [5, 5.41) is 13.3. The number of carbonyl (C=O) groups is 2. The van der Waals surface area contributed by atoms with E-state index < -0.39 is 29.4 Å². The minimum absolute atomic E-state index is 0. The molecule has 184 valence electrons. The average Bonchev–Trinajstić information content (AvgIpc) is 3.03. The van der Waals surface area contributed by atoms with Gasteiger partial charge in [-0.15, -0.1) is 12.4 Å².